The van der Waals surface area contributed by atoms with Crippen molar-refractivity contribution in [3.63, 3.8) is 0 Å². The molecule has 0 amide bonds. The van der Waals surface area contributed by atoms with Crippen LogP contribution in [-0.4, -0.2) is 14.5 Å². The molecule has 94 valence electrons. The molecule has 0 unspecified atom stereocenters. The van der Waals surface area contributed by atoms with Crippen molar-refractivity contribution >= 4 is 17.2 Å². The Labute approximate surface area is 113 Å². The molecule has 3 nitrogen and oxygen atoms in total. The van der Waals surface area contributed by atoms with Gasteiger partial charge in [0.25, 0.3) is 0 Å². The molecule has 0 fully saturated rings. The van der Waals surface area contributed by atoms with Gasteiger partial charge in [-0.15, -0.1) is 0 Å². The molecular formula is C14H17N3S. The first-order chi connectivity index (χ1) is 8.77. The number of hydrogen-bond acceptors (Lipinski definition) is 2. The van der Waals surface area contributed by atoms with E-state index in [0.29, 0.717) is 4.99 Å². The van der Waals surface area contributed by atoms with Gasteiger partial charge in [0.2, 0.25) is 0 Å². The molecule has 4 heteroatoms. The molecule has 0 aliphatic rings. The number of nitrogens with zero attached hydrogens (tertiary/aromatic N) is 2. The van der Waals surface area contributed by atoms with E-state index >= 15 is 0 Å². The summed E-state index contributed by atoms with van der Waals surface area (Å²) in [5.41, 5.74) is 6.64. The molecule has 0 atom stereocenters. The van der Waals surface area contributed by atoms with E-state index in [9.17, 15) is 0 Å². The second kappa shape index (κ2) is 6.31. The summed E-state index contributed by atoms with van der Waals surface area (Å²) in [4.78, 5) is 5.01. The molecule has 0 aliphatic heterocycles. The standard InChI is InChI=1S/C14H17N3S/c15-13(18)8-4-5-10-17-11-9-16-14(17)12-6-2-1-3-7-12/h1-3,6-7,9,11H,4-5,8,10H2,(H2,15,18). The van der Waals surface area contributed by atoms with Gasteiger partial charge in [0.15, 0.2) is 0 Å². The van der Waals surface area contributed by atoms with Crippen molar-refractivity contribution in [2.45, 2.75) is 25.8 Å². The first-order valence-electron chi connectivity index (χ1n) is 6.12. The second-order valence-corrected chi connectivity index (χ2v) is 4.76. The van der Waals surface area contributed by atoms with Gasteiger partial charge >= 0.3 is 0 Å². The molecule has 2 N–H and O–H groups in total. The molecule has 0 saturated heterocycles. The Bertz CT molecular complexity index is 505. The van der Waals surface area contributed by atoms with Crippen molar-refractivity contribution in [3.8, 4) is 11.4 Å². The van der Waals surface area contributed by atoms with Crippen LogP contribution in [-0.2, 0) is 6.54 Å². The lowest BCUT2D eigenvalue weighted by Gasteiger charge is -2.07. The minimum absolute atomic E-state index is 0.601. The van der Waals surface area contributed by atoms with Crippen LogP contribution in [0.3, 0.4) is 0 Å². The van der Waals surface area contributed by atoms with Crippen LogP contribution in [0.4, 0.5) is 0 Å². The molecule has 1 aromatic heterocycles. The smallest absolute Gasteiger partial charge is 0.139 e. The minimum Gasteiger partial charge on any atom is -0.393 e. The summed E-state index contributed by atoms with van der Waals surface area (Å²) in [7, 11) is 0. The zero-order valence-corrected chi connectivity index (χ0v) is 11.1. The number of unbranched alkanes of at least 4 members (excludes halogenated alkanes) is 1. The number of thiocarbonyl (C=S) groups is 1. The quantitative estimate of drug-likeness (QED) is 0.640. The molecule has 0 spiro atoms. The lowest BCUT2D eigenvalue weighted by Crippen LogP contribution is -2.07. The molecule has 18 heavy (non-hydrogen) atoms. The van der Waals surface area contributed by atoms with Gasteiger partial charge < -0.3 is 10.3 Å². The van der Waals surface area contributed by atoms with E-state index in [1.807, 2.05) is 30.6 Å². The van der Waals surface area contributed by atoms with Crippen LogP contribution in [0, 0.1) is 0 Å². The van der Waals surface area contributed by atoms with E-state index in [-0.39, 0.29) is 0 Å². The summed E-state index contributed by atoms with van der Waals surface area (Å²) in [6.07, 6.45) is 6.78. The van der Waals surface area contributed by atoms with E-state index < -0.39 is 0 Å². The fourth-order valence-electron chi connectivity index (χ4n) is 1.92. The summed E-state index contributed by atoms with van der Waals surface area (Å²) in [5.74, 6) is 1.02. The number of nitrogens with two attached hydrogens (primary N) is 1. The largest absolute Gasteiger partial charge is 0.393 e. The molecule has 0 bridgehead atoms. The van der Waals surface area contributed by atoms with E-state index in [1.54, 1.807) is 0 Å². The van der Waals surface area contributed by atoms with E-state index in [1.165, 1.54) is 0 Å². The SMILES string of the molecule is NC(=S)CCCCn1ccnc1-c1ccccc1. The average Bonchev–Trinajstić information content (AvgIpc) is 2.84. The summed E-state index contributed by atoms with van der Waals surface area (Å²) < 4.78 is 2.18. The average molecular weight is 259 g/mol. The Morgan fingerprint density at radius 2 is 2.00 bits per heavy atom. The molecule has 1 aromatic carbocycles. The number of benzene rings is 1. The van der Waals surface area contributed by atoms with Gasteiger partial charge in [-0.25, -0.2) is 4.98 Å². The summed E-state index contributed by atoms with van der Waals surface area (Å²) in [6.45, 7) is 0.951. The number of aryl methyl sites for hydroxylation is 1. The third-order valence-electron chi connectivity index (χ3n) is 2.82. The maximum Gasteiger partial charge on any atom is 0.139 e. The number of hydrogen-bond donors (Lipinski definition) is 1. The van der Waals surface area contributed by atoms with Crippen molar-refractivity contribution in [1.29, 1.82) is 0 Å². The Balaban J connectivity index is 1.98. The van der Waals surface area contributed by atoms with Gasteiger partial charge in [-0.1, -0.05) is 42.5 Å². The van der Waals surface area contributed by atoms with Crippen LogP contribution in [0.2, 0.25) is 0 Å². The van der Waals surface area contributed by atoms with Crippen LogP contribution >= 0.6 is 12.2 Å². The lowest BCUT2D eigenvalue weighted by molar-refractivity contribution is 0.624. The van der Waals surface area contributed by atoms with Crippen molar-refractivity contribution in [1.82, 2.24) is 9.55 Å². The van der Waals surface area contributed by atoms with Crippen molar-refractivity contribution in [2.75, 3.05) is 0 Å². The maximum atomic E-state index is 5.49. The third-order valence-corrected chi connectivity index (χ3v) is 3.02. The minimum atomic E-state index is 0.601. The molecule has 1 heterocycles. The second-order valence-electron chi connectivity index (χ2n) is 4.23. The molecule has 0 radical (unpaired) electrons. The van der Waals surface area contributed by atoms with Gasteiger partial charge in [-0.05, 0) is 19.3 Å². The van der Waals surface area contributed by atoms with Gasteiger partial charge in [0, 0.05) is 24.5 Å². The Kier molecular flexibility index (Phi) is 4.47. The van der Waals surface area contributed by atoms with Crippen LogP contribution in [0.15, 0.2) is 42.7 Å². The zero-order chi connectivity index (χ0) is 12.8. The highest BCUT2D eigenvalue weighted by Gasteiger charge is 2.04. The predicted molar refractivity (Wildman–Crippen MR) is 78.3 cm³/mol. The van der Waals surface area contributed by atoms with Gasteiger partial charge in [0.1, 0.15) is 5.82 Å². The van der Waals surface area contributed by atoms with Crippen molar-refractivity contribution < 1.29 is 0 Å². The third kappa shape index (κ3) is 3.40. The normalized spacial score (nSPS) is 10.4. The Hall–Kier alpha value is -1.68. The number of imidazole rings is 1. The summed E-state index contributed by atoms with van der Waals surface area (Å²) in [5, 5.41) is 0. The molecule has 2 rings (SSSR count). The van der Waals surface area contributed by atoms with E-state index in [0.717, 1.165) is 37.2 Å². The van der Waals surface area contributed by atoms with Crippen LogP contribution < -0.4 is 5.73 Å². The molecular weight excluding hydrogens is 242 g/mol. The van der Waals surface area contributed by atoms with Crippen LogP contribution in [0.25, 0.3) is 11.4 Å². The van der Waals surface area contributed by atoms with Crippen molar-refractivity contribution in [3.05, 3.63) is 42.7 Å². The molecule has 2 aromatic rings. The van der Waals surface area contributed by atoms with Crippen LogP contribution in [0.1, 0.15) is 19.3 Å². The Morgan fingerprint density at radius 3 is 2.72 bits per heavy atom. The van der Waals surface area contributed by atoms with Gasteiger partial charge in [-0.3, -0.25) is 0 Å². The lowest BCUT2D eigenvalue weighted by atomic mass is 10.2. The predicted octanol–water partition coefficient (Wildman–Crippen LogP) is 3.01. The first kappa shape index (κ1) is 12.8. The van der Waals surface area contributed by atoms with Crippen molar-refractivity contribution in [2.24, 2.45) is 5.73 Å². The highest BCUT2D eigenvalue weighted by molar-refractivity contribution is 7.80. The first-order valence-corrected chi connectivity index (χ1v) is 6.53. The fraction of sp³-hybridized carbons (Fsp3) is 0.286. The summed E-state index contributed by atoms with van der Waals surface area (Å²) >= 11 is 4.87. The Morgan fingerprint density at radius 1 is 1.22 bits per heavy atom. The summed E-state index contributed by atoms with van der Waals surface area (Å²) in [6, 6.07) is 10.2. The van der Waals surface area contributed by atoms with E-state index in [2.05, 4.69) is 21.7 Å². The van der Waals surface area contributed by atoms with Crippen LogP contribution in [0.5, 0.6) is 0 Å². The van der Waals surface area contributed by atoms with Gasteiger partial charge in [-0.2, -0.15) is 0 Å². The highest BCUT2D eigenvalue weighted by atomic mass is 32.1. The fourth-order valence-corrected chi connectivity index (χ4v) is 2.06. The highest BCUT2D eigenvalue weighted by Crippen LogP contribution is 2.17. The molecule has 0 saturated carbocycles. The van der Waals surface area contributed by atoms with Gasteiger partial charge in [0.05, 0.1) is 4.99 Å². The zero-order valence-electron chi connectivity index (χ0n) is 10.2. The monoisotopic (exact) mass is 259 g/mol. The topological polar surface area (TPSA) is 43.8 Å². The maximum absolute atomic E-state index is 5.49. The number of aromatic nitrogens is 2. The van der Waals surface area contributed by atoms with E-state index in [4.69, 9.17) is 18.0 Å². The molecule has 0 aliphatic carbocycles. The number of rotatable bonds is 6.